The van der Waals surface area contributed by atoms with Crippen molar-refractivity contribution < 1.29 is 9.90 Å². The number of allylic oxidation sites excluding steroid dienone is 1. The molecule has 0 radical (unpaired) electrons. The second-order valence-corrected chi connectivity index (χ2v) is 5.26. The third-order valence-corrected chi connectivity index (χ3v) is 2.89. The van der Waals surface area contributed by atoms with E-state index in [1.807, 2.05) is 12.2 Å². The quantitative estimate of drug-likeness (QED) is 0.304. The Kier molecular flexibility index (Phi) is 7.95. The van der Waals surface area contributed by atoms with E-state index in [0.29, 0.717) is 6.54 Å². The van der Waals surface area contributed by atoms with E-state index in [-0.39, 0.29) is 3.92 Å². The van der Waals surface area contributed by atoms with Crippen LogP contribution in [0.15, 0.2) is 12.2 Å². The van der Waals surface area contributed by atoms with E-state index in [1.165, 1.54) is 0 Å². The van der Waals surface area contributed by atoms with Crippen molar-refractivity contribution in [3.8, 4) is 0 Å². The molecule has 0 bridgehead atoms. The molecule has 0 saturated carbocycles. The Morgan fingerprint density at radius 2 is 2.33 bits per heavy atom. The van der Waals surface area contributed by atoms with Gasteiger partial charge in [-0.15, -0.1) is 0 Å². The molecule has 0 aromatic heterocycles. The third-order valence-electron chi connectivity index (χ3n) is 0.976. The molecule has 0 aliphatic rings. The van der Waals surface area contributed by atoms with Crippen LogP contribution < -0.4 is 0 Å². The zero-order valence-electron chi connectivity index (χ0n) is 6.08. The van der Waals surface area contributed by atoms with Crippen molar-refractivity contribution in [1.82, 2.24) is 3.93 Å². The number of carboxylic acid groups (broad SMARTS) is 1. The summed E-state index contributed by atoms with van der Waals surface area (Å²) < 4.78 is 2.27. The van der Waals surface area contributed by atoms with Crippen LogP contribution in [0.5, 0.6) is 0 Å². The van der Waals surface area contributed by atoms with Crippen molar-refractivity contribution in [1.29, 1.82) is 0 Å². The lowest BCUT2D eigenvalue weighted by Gasteiger charge is -2.11. The molecular formula is C6H8BrI2NO2. The molecule has 1 amide bonds. The third kappa shape index (κ3) is 6.46. The Morgan fingerprint density at radius 3 is 2.75 bits per heavy atom. The first kappa shape index (κ1) is 12.9. The van der Waals surface area contributed by atoms with Crippen molar-refractivity contribution in [2.45, 2.75) is 3.92 Å². The summed E-state index contributed by atoms with van der Waals surface area (Å²) in [6.07, 6.45) is 3.05. The average molecular weight is 460 g/mol. The fourth-order valence-electron chi connectivity index (χ4n) is 0.491. The number of alkyl halides is 2. The van der Waals surface area contributed by atoms with Gasteiger partial charge >= 0.3 is 6.09 Å². The predicted octanol–water partition coefficient (Wildman–Crippen LogP) is 3.07. The molecule has 6 heteroatoms. The van der Waals surface area contributed by atoms with Crippen molar-refractivity contribution in [2.24, 2.45) is 0 Å². The molecule has 0 heterocycles. The van der Waals surface area contributed by atoms with Gasteiger partial charge in [0.15, 0.2) is 0 Å². The lowest BCUT2D eigenvalue weighted by molar-refractivity contribution is 0.178. The van der Waals surface area contributed by atoms with Gasteiger partial charge in [-0.25, -0.2) is 8.72 Å². The van der Waals surface area contributed by atoms with Crippen LogP contribution in [0.3, 0.4) is 0 Å². The molecule has 0 rings (SSSR count). The summed E-state index contributed by atoms with van der Waals surface area (Å²) in [5.41, 5.74) is 0. The first-order valence-corrected chi connectivity index (χ1v) is 6.59. The smallest absolute Gasteiger partial charge is 0.417 e. The van der Waals surface area contributed by atoms with Gasteiger partial charge in [0, 0.05) is 8.35 Å². The Labute approximate surface area is 107 Å². The minimum atomic E-state index is -0.959. The van der Waals surface area contributed by atoms with Gasteiger partial charge in [-0.3, -0.25) is 0 Å². The van der Waals surface area contributed by atoms with Crippen molar-refractivity contribution >= 4 is 67.4 Å². The van der Waals surface area contributed by atoms with Crippen LogP contribution in [0.2, 0.25) is 0 Å². The second kappa shape index (κ2) is 7.36. The summed E-state index contributed by atoms with van der Waals surface area (Å²) in [5.74, 6) is 0. The monoisotopic (exact) mass is 459 g/mol. The molecule has 0 fully saturated rings. The lowest BCUT2D eigenvalue weighted by atomic mass is 10.4. The van der Waals surface area contributed by atoms with E-state index in [1.54, 1.807) is 0 Å². The topological polar surface area (TPSA) is 40.5 Å². The summed E-state index contributed by atoms with van der Waals surface area (Å²) in [4.78, 5) is 10.4. The van der Waals surface area contributed by atoms with Gasteiger partial charge in [0.25, 0.3) is 0 Å². The van der Waals surface area contributed by atoms with Crippen LogP contribution >= 0.6 is 61.3 Å². The predicted molar refractivity (Wildman–Crippen MR) is 69.5 cm³/mol. The molecule has 12 heavy (non-hydrogen) atoms. The van der Waals surface area contributed by atoms with Crippen LogP contribution in [0.25, 0.3) is 0 Å². The van der Waals surface area contributed by atoms with Crippen molar-refractivity contribution in [2.75, 3.05) is 11.0 Å². The molecule has 70 valence electrons. The minimum absolute atomic E-state index is 0.216. The number of rotatable bonds is 4. The highest BCUT2D eigenvalue weighted by Crippen LogP contribution is 2.09. The van der Waals surface area contributed by atoms with Gasteiger partial charge in [-0.05, 0) is 0 Å². The highest BCUT2D eigenvalue weighted by atomic mass is 127. The van der Waals surface area contributed by atoms with Gasteiger partial charge in [-0.1, -0.05) is 57.3 Å². The van der Waals surface area contributed by atoms with Gasteiger partial charge in [0.05, 0.1) is 22.7 Å². The van der Waals surface area contributed by atoms with Crippen LogP contribution in [0.4, 0.5) is 4.79 Å². The van der Waals surface area contributed by atoms with Crippen LogP contribution in [-0.4, -0.2) is 30.0 Å². The fraction of sp³-hybridized carbons (Fsp3) is 0.500. The van der Waals surface area contributed by atoms with E-state index in [4.69, 9.17) is 5.11 Å². The molecule has 1 unspecified atom stereocenters. The summed E-state index contributed by atoms with van der Waals surface area (Å²) in [5, 5.41) is 8.51. The SMILES string of the molecule is O=C(O)N(Br)CC(I)C=CCI. The van der Waals surface area contributed by atoms with Crippen LogP contribution in [0, 0.1) is 0 Å². The zero-order chi connectivity index (χ0) is 9.56. The van der Waals surface area contributed by atoms with E-state index in [0.717, 1.165) is 8.35 Å². The van der Waals surface area contributed by atoms with E-state index in [2.05, 4.69) is 61.3 Å². The normalized spacial score (nSPS) is 13.2. The molecule has 0 spiro atoms. The summed E-state index contributed by atoms with van der Waals surface area (Å²) in [6.45, 7) is 0.461. The van der Waals surface area contributed by atoms with Gasteiger partial charge in [-0.2, -0.15) is 0 Å². The Balaban J connectivity index is 3.75. The van der Waals surface area contributed by atoms with Crippen LogP contribution in [-0.2, 0) is 0 Å². The molecule has 0 aromatic rings. The first-order chi connectivity index (χ1) is 5.57. The van der Waals surface area contributed by atoms with Gasteiger partial charge < -0.3 is 5.11 Å². The number of hydrogen-bond acceptors (Lipinski definition) is 1. The molecule has 0 aliphatic carbocycles. The highest BCUT2D eigenvalue weighted by molar-refractivity contribution is 14.1. The largest absolute Gasteiger partial charge is 0.464 e. The molecule has 0 aromatic carbocycles. The van der Waals surface area contributed by atoms with E-state index in [9.17, 15) is 4.79 Å². The maximum absolute atomic E-state index is 10.4. The zero-order valence-corrected chi connectivity index (χ0v) is 12.0. The molecule has 1 N–H and O–H groups in total. The maximum Gasteiger partial charge on any atom is 0.417 e. The molecule has 3 nitrogen and oxygen atoms in total. The molecule has 0 saturated heterocycles. The summed E-state index contributed by atoms with van der Waals surface area (Å²) >= 11 is 7.35. The number of halogens is 3. The van der Waals surface area contributed by atoms with E-state index < -0.39 is 6.09 Å². The Bertz CT molecular complexity index is 177. The van der Waals surface area contributed by atoms with Gasteiger partial charge in [0.2, 0.25) is 0 Å². The maximum atomic E-state index is 10.4. The minimum Gasteiger partial charge on any atom is -0.464 e. The molecule has 0 aliphatic heterocycles. The van der Waals surface area contributed by atoms with E-state index >= 15 is 0 Å². The first-order valence-electron chi connectivity index (χ1n) is 3.11. The highest BCUT2D eigenvalue weighted by Gasteiger charge is 2.10. The number of amides is 1. The molecule has 1 atom stereocenters. The summed E-state index contributed by atoms with van der Waals surface area (Å²) in [7, 11) is 0. The Morgan fingerprint density at radius 1 is 1.75 bits per heavy atom. The fourth-order valence-corrected chi connectivity index (χ4v) is 2.33. The number of hydrogen-bond donors (Lipinski definition) is 1. The number of carbonyl (C=O) groups is 1. The number of nitrogens with zero attached hydrogens (tertiary/aromatic N) is 1. The van der Waals surface area contributed by atoms with Crippen molar-refractivity contribution in [3.05, 3.63) is 12.2 Å². The molecular weight excluding hydrogens is 452 g/mol. The average Bonchev–Trinajstić information content (AvgIpc) is 2.00. The van der Waals surface area contributed by atoms with Crippen molar-refractivity contribution in [3.63, 3.8) is 0 Å². The van der Waals surface area contributed by atoms with Gasteiger partial charge in [0.1, 0.15) is 0 Å². The van der Waals surface area contributed by atoms with Crippen LogP contribution in [0.1, 0.15) is 0 Å². The summed E-state index contributed by atoms with van der Waals surface area (Å²) in [6, 6.07) is 0. The lowest BCUT2D eigenvalue weighted by Crippen LogP contribution is -2.24. The second-order valence-electron chi connectivity index (χ2n) is 1.93. The standard InChI is InChI=1S/C6H8BrI2NO2/c7-10(6(11)12)4-5(9)2-1-3-8/h1-2,5H,3-4H2,(H,11,12). The Hall–Kier alpha value is 0.950.